The quantitative estimate of drug-likeness (QED) is 0.788. The number of ether oxygens (including phenoxy) is 4. The Balaban J connectivity index is 1.81. The molecule has 0 spiro atoms. The third-order valence-electron chi connectivity index (χ3n) is 2.76. The van der Waals surface area contributed by atoms with E-state index in [1.165, 1.54) is 0 Å². The molecule has 1 aliphatic heterocycles. The van der Waals surface area contributed by atoms with Gasteiger partial charge < -0.3 is 18.9 Å². The first kappa shape index (κ1) is 12.2. The normalized spacial score (nSPS) is 18.0. The summed E-state index contributed by atoms with van der Waals surface area (Å²) in [5.74, 6) is 1.10. The molecule has 0 saturated carbocycles. The lowest BCUT2D eigenvalue weighted by Gasteiger charge is -2.22. The molecule has 0 amide bonds. The Hall–Kier alpha value is -1.26. The summed E-state index contributed by atoms with van der Waals surface area (Å²) >= 11 is 0. The van der Waals surface area contributed by atoms with Crippen molar-refractivity contribution < 1.29 is 18.9 Å². The van der Waals surface area contributed by atoms with Crippen LogP contribution in [0.3, 0.4) is 0 Å². The van der Waals surface area contributed by atoms with Gasteiger partial charge in [0.1, 0.15) is 11.5 Å². The monoisotopic (exact) mass is 238 g/mol. The van der Waals surface area contributed by atoms with Crippen molar-refractivity contribution in [2.75, 3.05) is 26.9 Å². The topological polar surface area (TPSA) is 36.9 Å². The van der Waals surface area contributed by atoms with Crippen molar-refractivity contribution in [2.24, 2.45) is 0 Å². The minimum absolute atomic E-state index is 0.487. The van der Waals surface area contributed by atoms with Crippen molar-refractivity contribution >= 4 is 0 Å². The van der Waals surface area contributed by atoms with Gasteiger partial charge in [0.25, 0.3) is 0 Å². The molecule has 17 heavy (non-hydrogen) atoms. The zero-order valence-electron chi connectivity index (χ0n) is 10.3. The Morgan fingerprint density at radius 3 is 2.65 bits per heavy atom. The predicted octanol–water partition coefficient (Wildman–Crippen LogP) is 2.23. The second-order valence-corrected chi connectivity index (χ2v) is 4.11. The maximum Gasteiger partial charge on any atom is 0.168 e. The van der Waals surface area contributed by atoms with Crippen molar-refractivity contribution in [3.8, 4) is 11.5 Å². The van der Waals surface area contributed by atoms with E-state index in [0.717, 1.165) is 11.5 Å². The minimum atomic E-state index is -0.487. The van der Waals surface area contributed by atoms with Gasteiger partial charge in [-0.1, -0.05) is 6.07 Å². The smallest absolute Gasteiger partial charge is 0.168 e. The summed E-state index contributed by atoms with van der Waals surface area (Å²) < 4.78 is 21.8. The summed E-state index contributed by atoms with van der Waals surface area (Å²) in [4.78, 5) is 0. The van der Waals surface area contributed by atoms with E-state index in [-0.39, 0.29) is 0 Å². The van der Waals surface area contributed by atoms with Gasteiger partial charge in [-0.2, -0.15) is 0 Å². The molecular formula is C13H18O4. The minimum Gasteiger partial charge on any atom is -0.497 e. The number of methoxy groups -OCH3 is 1. The van der Waals surface area contributed by atoms with Crippen LogP contribution in [-0.4, -0.2) is 32.7 Å². The van der Waals surface area contributed by atoms with Crippen LogP contribution in [0, 0.1) is 0 Å². The first-order valence-electron chi connectivity index (χ1n) is 5.77. The molecule has 0 atom stereocenters. The van der Waals surface area contributed by atoms with Crippen LogP contribution in [0.1, 0.15) is 13.3 Å². The fraction of sp³-hybridized carbons (Fsp3) is 0.538. The Kier molecular flexibility index (Phi) is 3.86. The van der Waals surface area contributed by atoms with E-state index >= 15 is 0 Å². The molecule has 0 bridgehead atoms. The molecule has 4 nitrogen and oxygen atoms in total. The third kappa shape index (κ3) is 3.35. The van der Waals surface area contributed by atoms with Crippen LogP contribution < -0.4 is 9.47 Å². The molecule has 0 N–H and O–H groups in total. The van der Waals surface area contributed by atoms with E-state index in [9.17, 15) is 0 Å². The number of rotatable bonds is 5. The lowest BCUT2D eigenvalue weighted by atomic mass is 10.2. The first-order valence-corrected chi connectivity index (χ1v) is 5.77. The summed E-state index contributed by atoms with van der Waals surface area (Å²) in [5, 5.41) is 0. The van der Waals surface area contributed by atoms with Crippen molar-refractivity contribution in [3.05, 3.63) is 24.3 Å². The molecule has 1 aromatic carbocycles. The molecular weight excluding hydrogens is 220 g/mol. The SMILES string of the molecule is COc1cccc(OCCC2(C)OCCO2)c1. The zero-order valence-corrected chi connectivity index (χ0v) is 10.3. The number of benzene rings is 1. The summed E-state index contributed by atoms with van der Waals surface area (Å²) in [6, 6.07) is 7.55. The van der Waals surface area contributed by atoms with Crippen LogP contribution in [0.2, 0.25) is 0 Å². The zero-order chi connectivity index (χ0) is 12.1. The maximum atomic E-state index is 5.64. The van der Waals surface area contributed by atoms with Crippen molar-refractivity contribution in [1.29, 1.82) is 0 Å². The summed E-state index contributed by atoms with van der Waals surface area (Å²) in [6.07, 6.45) is 0.713. The van der Waals surface area contributed by atoms with Gasteiger partial charge in [0, 0.05) is 12.5 Å². The fourth-order valence-electron chi connectivity index (χ4n) is 1.75. The molecule has 1 heterocycles. The van der Waals surface area contributed by atoms with E-state index in [1.807, 2.05) is 31.2 Å². The summed E-state index contributed by atoms with van der Waals surface area (Å²) in [6.45, 7) is 3.82. The molecule has 94 valence electrons. The number of hydrogen-bond acceptors (Lipinski definition) is 4. The highest BCUT2D eigenvalue weighted by Crippen LogP contribution is 2.24. The summed E-state index contributed by atoms with van der Waals surface area (Å²) in [7, 11) is 1.64. The van der Waals surface area contributed by atoms with E-state index in [2.05, 4.69) is 0 Å². The molecule has 0 radical (unpaired) electrons. The molecule has 0 aliphatic carbocycles. The Morgan fingerprint density at radius 1 is 1.24 bits per heavy atom. The van der Waals surface area contributed by atoms with Gasteiger partial charge in [0.15, 0.2) is 5.79 Å². The standard InChI is InChI=1S/C13H18O4/c1-13(16-8-9-17-13)6-7-15-12-5-3-4-11(10-12)14-2/h3-5,10H,6-9H2,1-2H3. The molecule has 1 aliphatic rings. The molecule has 0 aromatic heterocycles. The van der Waals surface area contributed by atoms with Gasteiger partial charge in [0.05, 0.1) is 26.9 Å². The highest BCUT2D eigenvalue weighted by atomic mass is 16.7. The van der Waals surface area contributed by atoms with Crippen LogP contribution in [0.5, 0.6) is 11.5 Å². The van der Waals surface area contributed by atoms with Gasteiger partial charge in [-0.15, -0.1) is 0 Å². The van der Waals surface area contributed by atoms with Crippen LogP contribution in [0.15, 0.2) is 24.3 Å². The van der Waals surface area contributed by atoms with Gasteiger partial charge in [0.2, 0.25) is 0 Å². The van der Waals surface area contributed by atoms with Crippen LogP contribution in [-0.2, 0) is 9.47 Å². The van der Waals surface area contributed by atoms with Crippen molar-refractivity contribution in [1.82, 2.24) is 0 Å². The van der Waals surface area contributed by atoms with Gasteiger partial charge in [-0.25, -0.2) is 0 Å². The first-order chi connectivity index (χ1) is 8.22. The lowest BCUT2D eigenvalue weighted by Crippen LogP contribution is -2.27. The second kappa shape index (κ2) is 5.38. The summed E-state index contributed by atoms with van der Waals surface area (Å²) in [5.41, 5.74) is 0. The van der Waals surface area contributed by atoms with E-state index in [1.54, 1.807) is 7.11 Å². The Morgan fingerprint density at radius 2 is 1.94 bits per heavy atom. The molecule has 1 aromatic rings. The average Bonchev–Trinajstić information content (AvgIpc) is 2.77. The van der Waals surface area contributed by atoms with E-state index < -0.39 is 5.79 Å². The maximum absolute atomic E-state index is 5.64. The van der Waals surface area contributed by atoms with Gasteiger partial charge in [-0.05, 0) is 19.1 Å². The third-order valence-corrected chi connectivity index (χ3v) is 2.76. The Labute approximate surface area is 101 Å². The van der Waals surface area contributed by atoms with E-state index in [4.69, 9.17) is 18.9 Å². The Bertz CT molecular complexity index is 358. The average molecular weight is 238 g/mol. The molecule has 2 rings (SSSR count). The predicted molar refractivity (Wildman–Crippen MR) is 63.4 cm³/mol. The van der Waals surface area contributed by atoms with Crippen LogP contribution in [0.25, 0.3) is 0 Å². The highest BCUT2D eigenvalue weighted by Gasteiger charge is 2.30. The van der Waals surface area contributed by atoms with Crippen molar-refractivity contribution in [2.45, 2.75) is 19.1 Å². The second-order valence-electron chi connectivity index (χ2n) is 4.11. The van der Waals surface area contributed by atoms with Gasteiger partial charge in [-0.3, -0.25) is 0 Å². The van der Waals surface area contributed by atoms with Crippen LogP contribution >= 0.6 is 0 Å². The largest absolute Gasteiger partial charge is 0.497 e. The molecule has 4 heteroatoms. The molecule has 1 fully saturated rings. The lowest BCUT2D eigenvalue weighted by molar-refractivity contribution is -0.150. The highest BCUT2D eigenvalue weighted by molar-refractivity contribution is 5.32. The fourth-order valence-corrected chi connectivity index (χ4v) is 1.75. The van der Waals surface area contributed by atoms with Crippen LogP contribution in [0.4, 0.5) is 0 Å². The number of hydrogen-bond donors (Lipinski definition) is 0. The molecule has 0 unspecified atom stereocenters. The van der Waals surface area contributed by atoms with Crippen molar-refractivity contribution in [3.63, 3.8) is 0 Å². The van der Waals surface area contributed by atoms with Gasteiger partial charge >= 0.3 is 0 Å². The molecule has 1 saturated heterocycles. The van der Waals surface area contributed by atoms with E-state index in [0.29, 0.717) is 26.2 Å².